The molecule has 0 saturated carbocycles. The molecule has 1 nitrogen and oxygen atoms in total. The van der Waals surface area contributed by atoms with Crippen LogP contribution in [0.5, 0.6) is 0 Å². The molecular formula is C12H10Br2ClNS. The molecular weight excluding hydrogens is 385 g/mol. The number of halogens is 3. The van der Waals surface area contributed by atoms with Crippen molar-refractivity contribution in [3.63, 3.8) is 0 Å². The summed E-state index contributed by atoms with van der Waals surface area (Å²) in [5, 5.41) is 4.15. The molecule has 0 radical (unpaired) electrons. The number of rotatable bonds is 4. The summed E-state index contributed by atoms with van der Waals surface area (Å²) >= 11 is 14.6. The Morgan fingerprint density at radius 2 is 1.94 bits per heavy atom. The maximum atomic E-state index is 5.94. The normalized spacial score (nSPS) is 10.8. The number of nitrogens with one attached hydrogen (secondary N) is 1. The summed E-state index contributed by atoms with van der Waals surface area (Å²) in [7, 11) is 0. The molecule has 0 aliphatic rings. The van der Waals surface area contributed by atoms with Gasteiger partial charge in [-0.15, -0.1) is 11.3 Å². The Bertz CT molecular complexity index is 513. The van der Waals surface area contributed by atoms with Crippen LogP contribution in [0.1, 0.15) is 10.4 Å². The van der Waals surface area contributed by atoms with Crippen molar-refractivity contribution < 1.29 is 0 Å². The average molecular weight is 396 g/mol. The average Bonchev–Trinajstić information content (AvgIpc) is 2.70. The van der Waals surface area contributed by atoms with Crippen LogP contribution in [-0.4, -0.2) is 0 Å². The molecule has 0 atom stereocenters. The fourth-order valence-electron chi connectivity index (χ4n) is 1.43. The van der Waals surface area contributed by atoms with Crippen LogP contribution in [0.4, 0.5) is 0 Å². The second-order valence-corrected chi connectivity index (χ2v) is 7.37. The Morgan fingerprint density at radius 1 is 1.12 bits per heavy atom. The van der Waals surface area contributed by atoms with Gasteiger partial charge in [-0.1, -0.05) is 17.7 Å². The highest BCUT2D eigenvalue weighted by atomic mass is 79.9. The minimum atomic E-state index is 0.746. The van der Waals surface area contributed by atoms with Gasteiger partial charge in [0.15, 0.2) is 0 Å². The van der Waals surface area contributed by atoms with Gasteiger partial charge in [0, 0.05) is 22.4 Å². The molecule has 0 unspecified atom stereocenters. The van der Waals surface area contributed by atoms with Gasteiger partial charge in [-0.05, 0) is 61.7 Å². The van der Waals surface area contributed by atoms with Crippen LogP contribution in [0.15, 0.2) is 38.6 Å². The van der Waals surface area contributed by atoms with Gasteiger partial charge in [0.05, 0.1) is 8.81 Å². The first-order valence-electron chi connectivity index (χ1n) is 5.04. The molecule has 0 saturated heterocycles. The van der Waals surface area contributed by atoms with E-state index in [9.17, 15) is 0 Å². The number of thiophene rings is 1. The molecule has 0 amide bonds. The van der Waals surface area contributed by atoms with Crippen molar-refractivity contribution in [2.45, 2.75) is 13.1 Å². The molecule has 0 aliphatic heterocycles. The molecule has 2 aromatic rings. The first kappa shape index (κ1) is 13.6. The highest BCUT2D eigenvalue weighted by Crippen LogP contribution is 2.24. The van der Waals surface area contributed by atoms with Gasteiger partial charge in [-0.25, -0.2) is 0 Å². The molecule has 0 bridgehead atoms. The molecule has 17 heavy (non-hydrogen) atoms. The maximum Gasteiger partial charge on any atom is 0.0701 e. The fourth-order valence-corrected chi connectivity index (χ4v) is 3.42. The van der Waals surface area contributed by atoms with Crippen molar-refractivity contribution in [1.29, 1.82) is 0 Å². The fraction of sp³-hybridized carbons (Fsp3) is 0.167. The van der Waals surface area contributed by atoms with Gasteiger partial charge in [0.25, 0.3) is 0 Å². The molecule has 1 N–H and O–H groups in total. The van der Waals surface area contributed by atoms with Gasteiger partial charge in [0.1, 0.15) is 0 Å². The van der Waals surface area contributed by atoms with E-state index in [1.807, 2.05) is 18.2 Å². The van der Waals surface area contributed by atoms with Crippen molar-refractivity contribution in [3.05, 3.63) is 54.1 Å². The molecule has 0 fully saturated rings. The number of hydrogen-bond acceptors (Lipinski definition) is 2. The lowest BCUT2D eigenvalue weighted by molar-refractivity contribution is 0.701. The van der Waals surface area contributed by atoms with Crippen LogP contribution in [0.25, 0.3) is 0 Å². The quantitative estimate of drug-likeness (QED) is 0.749. The SMILES string of the molecule is Clc1ccc(CNCc2ccc(Br)s2)cc1Br. The monoisotopic (exact) mass is 393 g/mol. The third kappa shape index (κ3) is 4.07. The highest BCUT2D eigenvalue weighted by molar-refractivity contribution is 9.11. The predicted octanol–water partition coefficient (Wildman–Crippen LogP) is 5.22. The highest BCUT2D eigenvalue weighted by Gasteiger charge is 2.00. The predicted molar refractivity (Wildman–Crippen MR) is 81.7 cm³/mol. The summed E-state index contributed by atoms with van der Waals surface area (Å²) in [5.41, 5.74) is 1.22. The zero-order valence-corrected chi connectivity index (χ0v) is 13.6. The largest absolute Gasteiger partial charge is 0.308 e. The van der Waals surface area contributed by atoms with Crippen molar-refractivity contribution in [2.75, 3.05) is 0 Å². The Morgan fingerprint density at radius 3 is 2.59 bits per heavy atom. The lowest BCUT2D eigenvalue weighted by Crippen LogP contribution is -2.11. The van der Waals surface area contributed by atoms with Crippen molar-refractivity contribution in [1.82, 2.24) is 5.32 Å². The summed E-state index contributed by atoms with van der Waals surface area (Å²) in [6.07, 6.45) is 0. The third-order valence-corrected chi connectivity index (χ3v) is 5.08. The molecule has 90 valence electrons. The van der Waals surface area contributed by atoms with Crippen LogP contribution in [-0.2, 0) is 13.1 Å². The van der Waals surface area contributed by atoms with E-state index in [-0.39, 0.29) is 0 Å². The van der Waals surface area contributed by atoms with E-state index in [1.54, 1.807) is 11.3 Å². The van der Waals surface area contributed by atoms with Crippen LogP contribution >= 0.6 is 54.8 Å². The first-order valence-corrected chi connectivity index (χ1v) is 7.82. The molecule has 1 aromatic carbocycles. The van der Waals surface area contributed by atoms with E-state index in [2.05, 4.69) is 49.3 Å². The molecule has 1 aromatic heterocycles. The van der Waals surface area contributed by atoms with E-state index in [0.717, 1.165) is 22.6 Å². The summed E-state index contributed by atoms with van der Waals surface area (Å²) in [5.74, 6) is 0. The lowest BCUT2D eigenvalue weighted by Gasteiger charge is -2.05. The summed E-state index contributed by atoms with van der Waals surface area (Å²) in [4.78, 5) is 1.32. The zero-order chi connectivity index (χ0) is 12.3. The summed E-state index contributed by atoms with van der Waals surface area (Å²) in [6.45, 7) is 1.72. The van der Waals surface area contributed by atoms with Gasteiger partial charge in [-0.2, -0.15) is 0 Å². The third-order valence-electron chi connectivity index (χ3n) is 2.24. The second kappa shape index (κ2) is 6.34. The van der Waals surface area contributed by atoms with E-state index >= 15 is 0 Å². The molecule has 0 aliphatic carbocycles. The van der Waals surface area contributed by atoms with Crippen LogP contribution < -0.4 is 5.32 Å². The molecule has 0 spiro atoms. The lowest BCUT2D eigenvalue weighted by atomic mass is 10.2. The van der Waals surface area contributed by atoms with Crippen LogP contribution in [0.2, 0.25) is 5.02 Å². The minimum absolute atomic E-state index is 0.746. The Kier molecular flexibility index (Phi) is 5.06. The van der Waals surface area contributed by atoms with E-state index in [4.69, 9.17) is 11.6 Å². The van der Waals surface area contributed by atoms with E-state index in [0.29, 0.717) is 0 Å². The Balaban J connectivity index is 1.87. The smallest absolute Gasteiger partial charge is 0.0701 e. The standard InChI is InChI=1S/C12H10Br2ClNS/c13-10-5-8(1-3-11(10)15)6-16-7-9-2-4-12(14)17-9/h1-5,16H,6-7H2. The van der Waals surface area contributed by atoms with Crippen molar-refractivity contribution in [2.24, 2.45) is 0 Å². The van der Waals surface area contributed by atoms with E-state index < -0.39 is 0 Å². The second-order valence-electron chi connectivity index (χ2n) is 3.56. The summed E-state index contributed by atoms with van der Waals surface area (Å²) in [6, 6.07) is 10.2. The molecule has 1 heterocycles. The molecule has 5 heteroatoms. The number of benzene rings is 1. The maximum absolute atomic E-state index is 5.94. The van der Waals surface area contributed by atoms with Gasteiger partial charge in [-0.3, -0.25) is 0 Å². The van der Waals surface area contributed by atoms with Crippen molar-refractivity contribution >= 4 is 54.8 Å². The topological polar surface area (TPSA) is 12.0 Å². The van der Waals surface area contributed by atoms with Crippen LogP contribution in [0, 0.1) is 0 Å². The first-order chi connectivity index (χ1) is 8.15. The van der Waals surface area contributed by atoms with Crippen LogP contribution in [0.3, 0.4) is 0 Å². The van der Waals surface area contributed by atoms with Gasteiger partial charge >= 0.3 is 0 Å². The Hall–Kier alpha value is 0.130. The zero-order valence-electron chi connectivity index (χ0n) is 8.84. The van der Waals surface area contributed by atoms with Gasteiger partial charge in [0.2, 0.25) is 0 Å². The van der Waals surface area contributed by atoms with E-state index in [1.165, 1.54) is 14.2 Å². The summed E-state index contributed by atoms with van der Waals surface area (Å²) < 4.78 is 2.11. The molecule has 2 rings (SSSR count). The van der Waals surface area contributed by atoms with Gasteiger partial charge < -0.3 is 5.32 Å². The number of hydrogen-bond donors (Lipinski definition) is 1. The minimum Gasteiger partial charge on any atom is -0.308 e. The Labute approximate surface area is 126 Å². The van der Waals surface area contributed by atoms with Crippen molar-refractivity contribution in [3.8, 4) is 0 Å².